The predicted octanol–water partition coefficient (Wildman–Crippen LogP) is 6.02. The second kappa shape index (κ2) is 16.6. The zero-order valence-corrected chi connectivity index (χ0v) is 26.5. The standard InChI is InChI=1S/C25H40N4O2.2C2HF3O2/c1-18(15-24(2,3)4)13-22-26-20-14-19(10-12-23(30)27-31)9-11-21(20)29(22)17-25(5,6)16-28(7)8;2*3-2(4,5)1(6)7/h9-12,14,18,31H,13,15-17H2,1-8H3,(H,27,30);2*(H,6,7)/b12-10+;;. The summed E-state index contributed by atoms with van der Waals surface area (Å²) in [6.07, 6.45) is -5.10. The molecule has 0 bridgehead atoms. The summed E-state index contributed by atoms with van der Waals surface area (Å²) in [7, 11) is 4.22. The van der Waals surface area contributed by atoms with Gasteiger partial charge in [-0.3, -0.25) is 10.0 Å². The molecule has 2 aromatic rings. The molecule has 0 aliphatic rings. The zero-order valence-electron chi connectivity index (χ0n) is 26.5. The summed E-state index contributed by atoms with van der Waals surface area (Å²) >= 11 is 0. The highest BCUT2D eigenvalue weighted by molar-refractivity contribution is 5.91. The van der Waals surface area contributed by atoms with Crippen LogP contribution in [0.25, 0.3) is 17.1 Å². The number of carbonyl (C=O) groups excluding carboxylic acids is 1. The number of nitrogens with zero attached hydrogens (tertiary/aromatic N) is 3. The Balaban J connectivity index is 0.00000114. The molecule has 2 rings (SSSR count). The normalized spacial score (nSPS) is 13.2. The summed E-state index contributed by atoms with van der Waals surface area (Å²) in [4.78, 5) is 36.4. The molecular weight excluding hydrogens is 614 g/mol. The highest BCUT2D eigenvalue weighted by Gasteiger charge is 2.39. The number of carbonyl (C=O) groups is 3. The Morgan fingerprint density at radius 2 is 1.47 bits per heavy atom. The topological polar surface area (TPSA) is 145 Å². The van der Waals surface area contributed by atoms with Crippen LogP contribution < -0.4 is 5.48 Å². The lowest BCUT2D eigenvalue weighted by Gasteiger charge is -2.30. The molecule has 1 unspecified atom stereocenters. The van der Waals surface area contributed by atoms with Gasteiger partial charge in [0.2, 0.25) is 0 Å². The van der Waals surface area contributed by atoms with Gasteiger partial charge < -0.3 is 19.7 Å². The third-order valence-corrected chi connectivity index (χ3v) is 5.70. The molecule has 0 aliphatic heterocycles. The molecule has 0 aliphatic carbocycles. The molecule has 1 atom stereocenters. The van der Waals surface area contributed by atoms with E-state index >= 15 is 0 Å². The van der Waals surface area contributed by atoms with Gasteiger partial charge in [-0.05, 0) is 61.0 Å². The van der Waals surface area contributed by atoms with Crippen molar-refractivity contribution in [3.8, 4) is 0 Å². The lowest BCUT2D eigenvalue weighted by Crippen LogP contribution is -2.33. The van der Waals surface area contributed by atoms with Crippen LogP contribution in [0.5, 0.6) is 0 Å². The molecule has 0 radical (unpaired) electrons. The first kappa shape index (κ1) is 41.3. The Kier molecular flexibility index (Phi) is 15.2. The second-order valence-corrected chi connectivity index (χ2v) is 12.8. The average Bonchev–Trinajstić information content (AvgIpc) is 3.15. The lowest BCUT2D eigenvalue weighted by atomic mass is 9.84. The SMILES string of the molecule is CC(Cc1nc2cc(/C=C/C(=O)NO)ccc2n1CC(C)(C)CN(C)C)CC(C)(C)C.O=C(O)C(F)(F)F.O=C(O)C(F)(F)F. The Bertz CT molecular complexity index is 1290. The number of hydroxylamine groups is 1. The number of hydrogen-bond acceptors (Lipinski definition) is 6. The Hall–Kier alpha value is -3.66. The number of nitrogens with one attached hydrogen (secondary N) is 1. The maximum atomic E-state index is 11.3. The number of carboxylic acid groups (broad SMARTS) is 2. The van der Waals surface area contributed by atoms with Crippen LogP contribution in [0.4, 0.5) is 26.3 Å². The number of carboxylic acids is 2. The molecule has 1 heterocycles. The third-order valence-electron chi connectivity index (χ3n) is 5.70. The largest absolute Gasteiger partial charge is 0.490 e. The first-order valence-corrected chi connectivity index (χ1v) is 13.5. The quantitative estimate of drug-likeness (QED) is 0.111. The van der Waals surface area contributed by atoms with Crippen molar-refractivity contribution in [3.05, 3.63) is 35.7 Å². The number of imidazole rings is 1. The highest BCUT2D eigenvalue weighted by Crippen LogP contribution is 2.30. The van der Waals surface area contributed by atoms with E-state index in [1.54, 1.807) is 11.6 Å². The Morgan fingerprint density at radius 3 is 1.87 bits per heavy atom. The van der Waals surface area contributed by atoms with Crippen molar-refractivity contribution in [2.24, 2.45) is 16.7 Å². The van der Waals surface area contributed by atoms with Crippen LogP contribution in [0.1, 0.15) is 59.4 Å². The number of halogens is 6. The third kappa shape index (κ3) is 16.8. The van der Waals surface area contributed by atoms with Gasteiger partial charge in [0, 0.05) is 25.6 Å². The Morgan fingerprint density at radius 1 is 0.978 bits per heavy atom. The number of rotatable bonds is 9. The number of fused-ring (bicyclic) bond motifs is 1. The minimum Gasteiger partial charge on any atom is -0.475 e. The fourth-order valence-corrected chi connectivity index (χ4v) is 4.61. The van der Waals surface area contributed by atoms with E-state index < -0.39 is 30.2 Å². The summed E-state index contributed by atoms with van der Waals surface area (Å²) in [5.41, 5.74) is 4.93. The molecule has 1 aromatic carbocycles. The maximum absolute atomic E-state index is 11.3. The highest BCUT2D eigenvalue weighted by atomic mass is 19.4. The molecule has 4 N–H and O–H groups in total. The molecule has 10 nitrogen and oxygen atoms in total. The van der Waals surface area contributed by atoms with Crippen LogP contribution in [0.3, 0.4) is 0 Å². The monoisotopic (exact) mass is 656 g/mol. The van der Waals surface area contributed by atoms with Crippen LogP contribution in [0.15, 0.2) is 24.3 Å². The van der Waals surface area contributed by atoms with Crippen LogP contribution in [-0.2, 0) is 27.3 Å². The summed E-state index contributed by atoms with van der Waals surface area (Å²) in [6.45, 7) is 15.6. The van der Waals surface area contributed by atoms with Crippen molar-refractivity contribution in [2.75, 3.05) is 20.6 Å². The van der Waals surface area contributed by atoms with Crippen molar-refractivity contribution >= 4 is 35.0 Å². The number of alkyl halides is 6. The first-order chi connectivity index (χ1) is 20.2. The van der Waals surface area contributed by atoms with E-state index in [2.05, 4.69) is 71.2 Å². The molecule has 256 valence electrons. The molecule has 0 fully saturated rings. The van der Waals surface area contributed by atoms with Gasteiger partial charge in [-0.1, -0.05) is 47.6 Å². The van der Waals surface area contributed by atoms with E-state index in [-0.39, 0.29) is 10.8 Å². The molecule has 16 heteroatoms. The van der Waals surface area contributed by atoms with Crippen LogP contribution in [-0.4, -0.2) is 80.7 Å². The first-order valence-electron chi connectivity index (χ1n) is 13.5. The van der Waals surface area contributed by atoms with Crippen LogP contribution >= 0.6 is 0 Å². The van der Waals surface area contributed by atoms with Gasteiger partial charge in [-0.15, -0.1) is 0 Å². The van der Waals surface area contributed by atoms with Gasteiger partial charge in [-0.2, -0.15) is 26.3 Å². The number of benzene rings is 1. The summed E-state index contributed by atoms with van der Waals surface area (Å²) in [5, 5.41) is 22.9. The van der Waals surface area contributed by atoms with Crippen molar-refractivity contribution in [2.45, 2.75) is 73.3 Å². The fourth-order valence-electron chi connectivity index (χ4n) is 4.61. The molecule has 1 amide bonds. The summed E-state index contributed by atoms with van der Waals surface area (Å²) < 4.78 is 65.9. The van der Waals surface area contributed by atoms with E-state index in [1.807, 2.05) is 12.1 Å². The van der Waals surface area contributed by atoms with E-state index in [0.29, 0.717) is 5.92 Å². The second-order valence-electron chi connectivity index (χ2n) is 12.8. The van der Waals surface area contributed by atoms with Gasteiger partial charge >= 0.3 is 24.3 Å². The van der Waals surface area contributed by atoms with E-state index in [4.69, 9.17) is 30.0 Å². The minimum absolute atomic E-state index is 0.0942. The van der Waals surface area contributed by atoms with Gasteiger partial charge in [0.25, 0.3) is 5.91 Å². The van der Waals surface area contributed by atoms with E-state index in [9.17, 15) is 31.1 Å². The van der Waals surface area contributed by atoms with Gasteiger partial charge in [0.15, 0.2) is 0 Å². The van der Waals surface area contributed by atoms with Crippen molar-refractivity contribution in [3.63, 3.8) is 0 Å². The smallest absolute Gasteiger partial charge is 0.475 e. The zero-order chi connectivity index (χ0) is 35.6. The van der Waals surface area contributed by atoms with Crippen molar-refractivity contribution < 1.29 is 56.1 Å². The minimum atomic E-state index is -5.08. The maximum Gasteiger partial charge on any atom is 0.490 e. The average molecular weight is 657 g/mol. The van der Waals surface area contributed by atoms with Crippen LogP contribution in [0, 0.1) is 16.7 Å². The fraction of sp³-hybridized carbons (Fsp3) is 0.586. The molecule has 0 saturated carbocycles. The summed E-state index contributed by atoms with van der Waals surface area (Å²) in [5.74, 6) is -4.42. The lowest BCUT2D eigenvalue weighted by molar-refractivity contribution is -0.193. The summed E-state index contributed by atoms with van der Waals surface area (Å²) in [6, 6.07) is 6.08. The molecule has 0 saturated heterocycles. The Labute approximate surface area is 257 Å². The molecule has 45 heavy (non-hydrogen) atoms. The van der Waals surface area contributed by atoms with Crippen molar-refractivity contribution in [1.29, 1.82) is 0 Å². The van der Waals surface area contributed by atoms with Crippen molar-refractivity contribution in [1.82, 2.24) is 19.9 Å². The molecule has 1 aromatic heterocycles. The molecular formula is C29H42F6N4O6. The number of amides is 1. The van der Waals surface area contributed by atoms with Gasteiger partial charge in [0.05, 0.1) is 11.0 Å². The number of aliphatic carboxylic acids is 2. The predicted molar refractivity (Wildman–Crippen MR) is 155 cm³/mol. The van der Waals surface area contributed by atoms with Gasteiger partial charge in [-0.25, -0.2) is 20.1 Å². The van der Waals surface area contributed by atoms with Gasteiger partial charge in [0.1, 0.15) is 5.82 Å². The van der Waals surface area contributed by atoms with E-state index in [1.165, 1.54) is 6.08 Å². The number of hydrogen-bond donors (Lipinski definition) is 4. The number of aromatic nitrogens is 2. The van der Waals surface area contributed by atoms with E-state index in [0.717, 1.165) is 48.4 Å². The molecule has 0 spiro atoms. The van der Waals surface area contributed by atoms with Crippen LogP contribution in [0.2, 0.25) is 0 Å².